The first-order valence-corrected chi connectivity index (χ1v) is 6.76. The van der Waals surface area contributed by atoms with E-state index in [2.05, 4.69) is 34.7 Å². The van der Waals surface area contributed by atoms with Gasteiger partial charge in [0, 0.05) is 57.7 Å². The molecule has 0 bridgehead atoms. The zero-order valence-electron chi connectivity index (χ0n) is 11.5. The van der Waals surface area contributed by atoms with Crippen LogP contribution in [0.1, 0.15) is 18.1 Å². The Labute approximate surface area is 110 Å². The lowest BCUT2D eigenvalue weighted by atomic mass is 10.2. The molecule has 0 radical (unpaired) electrons. The van der Waals surface area contributed by atoms with Gasteiger partial charge in [-0.15, -0.1) is 0 Å². The van der Waals surface area contributed by atoms with Crippen LogP contribution in [0.2, 0.25) is 0 Å². The average Bonchev–Trinajstić information content (AvgIpc) is 2.39. The van der Waals surface area contributed by atoms with Crippen LogP contribution in [0.15, 0.2) is 18.5 Å². The molecule has 0 amide bonds. The minimum Gasteiger partial charge on any atom is -0.329 e. The van der Waals surface area contributed by atoms with Gasteiger partial charge in [-0.3, -0.25) is 14.8 Å². The summed E-state index contributed by atoms with van der Waals surface area (Å²) in [7, 11) is 0. The van der Waals surface area contributed by atoms with E-state index in [1.165, 1.54) is 11.1 Å². The third kappa shape index (κ3) is 3.51. The molecular formula is C14H24N4. The standard InChI is InChI=1S/C14H24N4/c1-12-7-14(10-16-9-12)11-17-3-5-18(6-4-17)13(2)8-15/h7,9-10,13H,3-6,8,11,15H2,1-2H3. The molecule has 1 atom stereocenters. The first-order chi connectivity index (χ1) is 8.69. The van der Waals surface area contributed by atoms with Crippen LogP contribution in [0, 0.1) is 6.92 Å². The van der Waals surface area contributed by atoms with E-state index in [0.717, 1.165) is 39.3 Å². The highest BCUT2D eigenvalue weighted by Crippen LogP contribution is 2.10. The molecule has 2 rings (SSSR count). The van der Waals surface area contributed by atoms with Gasteiger partial charge < -0.3 is 5.73 Å². The van der Waals surface area contributed by atoms with E-state index in [0.29, 0.717) is 6.04 Å². The molecule has 1 aromatic rings. The average molecular weight is 248 g/mol. The van der Waals surface area contributed by atoms with Gasteiger partial charge in [0.1, 0.15) is 0 Å². The van der Waals surface area contributed by atoms with Gasteiger partial charge >= 0.3 is 0 Å². The quantitative estimate of drug-likeness (QED) is 0.858. The van der Waals surface area contributed by atoms with Gasteiger partial charge in [0.15, 0.2) is 0 Å². The summed E-state index contributed by atoms with van der Waals surface area (Å²) in [4.78, 5) is 9.23. The summed E-state index contributed by atoms with van der Waals surface area (Å²) in [5, 5.41) is 0. The summed E-state index contributed by atoms with van der Waals surface area (Å²) in [5.74, 6) is 0. The number of hydrogen-bond acceptors (Lipinski definition) is 4. The SMILES string of the molecule is Cc1cncc(CN2CCN(C(C)CN)CC2)c1. The van der Waals surface area contributed by atoms with Gasteiger partial charge in [0.2, 0.25) is 0 Å². The molecule has 0 aromatic carbocycles. The van der Waals surface area contributed by atoms with Crippen molar-refractivity contribution in [3.8, 4) is 0 Å². The summed E-state index contributed by atoms with van der Waals surface area (Å²) in [6.45, 7) is 10.6. The second-order valence-corrected chi connectivity index (χ2v) is 5.27. The maximum absolute atomic E-state index is 5.71. The van der Waals surface area contributed by atoms with E-state index in [1.54, 1.807) is 0 Å². The predicted molar refractivity (Wildman–Crippen MR) is 74.3 cm³/mol. The number of pyridine rings is 1. The lowest BCUT2D eigenvalue weighted by molar-refractivity contribution is 0.100. The van der Waals surface area contributed by atoms with Crippen LogP contribution in [0.5, 0.6) is 0 Å². The third-order valence-electron chi connectivity index (χ3n) is 3.71. The minimum atomic E-state index is 0.507. The second kappa shape index (κ2) is 6.27. The normalized spacial score (nSPS) is 19.9. The Morgan fingerprint density at radius 1 is 1.28 bits per heavy atom. The number of hydrogen-bond donors (Lipinski definition) is 1. The van der Waals surface area contributed by atoms with Crippen LogP contribution < -0.4 is 5.73 Å². The summed E-state index contributed by atoms with van der Waals surface area (Å²) < 4.78 is 0. The second-order valence-electron chi connectivity index (χ2n) is 5.27. The van der Waals surface area contributed by atoms with E-state index in [1.807, 2.05) is 12.4 Å². The Morgan fingerprint density at radius 3 is 2.61 bits per heavy atom. The van der Waals surface area contributed by atoms with Crippen LogP contribution in [-0.2, 0) is 6.54 Å². The van der Waals surface area contributed by atoms with Crippen molar-refractivity contribution < 1.29 is 0 Å². The summed E-state index contributed by atoms with van der Waals surface area (Å²) in [6.07, 6.45) is 3.88. The van der Waals surface area contributed by atoms with E-state index in [-0.39, 0.29) is 0 Å². The van der Waals surface area contributed by atoms with E-state index >= 15 is 0 Å². The number of aromatic nitrogens is 1. The van der Waals surface area contributed by atoms with Crippen molar-refractivity contribution in [1.29, 1.82) is 0 Å². The Morgan fingerprint density at radius 2 is 2.00 bits per heavy atom. The fourth-order valence-electron chi connectivity index (χ4n) is 2.47. The fourth-order valence-corrected chi connectivity index (χ4v) is 2.47. The molecule has 1 fully saturated rings. The molecule has 1 unspecified atom stereocenters. The van der Waals surface area contributed by atoms with Crippen molar-refractivity contribution in [2.45, 2.75) is 26.4 Å². The Kier molecular flexibility index (Phi) is 4.69. The molecule has 1 aliphatic rings. The maximum atomic E-state index is 5.71. The van der Waals surface area contributed by atoms with Gasteiger partial charge in [0.25, 0.3) is 0 Å². The van der Waals surface area contributed by atoms with Crippen molar-refractivity contribution in [3.05, 3.63) is 29.6 Å². The van der Waals surface area contributed by atoms with Gasteiger partial charge in [-0.2, -0.15) is 0 Å². The van der Waals surface area contributed by atoms with Crippen LogP contribution in [0.25, 0.3) is 0 Å². The first-order valence-electron chi connectivity index (χ1n) is 6.76. The summed E-state index contributed by atoms with van der Waals surface area (Å²) in [5.41, 5.74) is 8.27. The number of rotatable bonds is 4. The van der Waals surface area contributed by atoms with Gasteiger partial charge in [0.05, 0.1) is 0 Å². The van der Waals surface area contributed by atoms with Crippen LogP contribution in [-0.4, -0.2) is 53.5 Å². The van der Waals surface area contributed by atoms with E-state index in [9.17, 15) is 0 Å². The summed E-state index contributed by atoms with van der Waals surface area (Å²) in [6, 6.07) is 2.73. The number of piperazine rings is 1. The smallest absolute Gasteiger partial charge is 0.0313 e. The molecule has 1 saturated heterocycles. The number of nitrogens with zero attached hydrogens (tertiary/aromatic N) is 3. The van der Waals surface area contributed by atoms with Crippen LogP contribution in [0.4, 0.5) is 0 Å². The van der Waals surface area contributed by atoms with Gasteiger partial charge in [-0.1, -0.05) is 6.07 Å². The molecule has 0 aliphatic carbocycles. The van der Waals surface area contributed by atoms with Crippen molar-refractivity contribution in [2.24, 2.45) is 5.73 Å². The Bertz CT molecular complexity index is 372. The molecule has 0 spiro atoms. The molecule has 2 N–H and O–H groups in total. The highest BCUT2D eigenvalue weighted by atomic mass is 15.3. The fraction of sp³-hybridized carbons (Fsp3) is 0.643. The van der Waals surface area contributed by atoms with E-state index < -0.39 is 0 Å². The van der Waals surface area contributed by atoms with Crippen LogP contribution >= 0.6 is 0 Å². The Balaban J connectivity index is 1.83. The minimum absolute atomic E-state index is 0.507. The van der Waals surface area contributed by atoms with Crippen molar-refractivity contribution in [3.63, 3.8) is 0 Å². The highest BCUT2D eigenvalue weighted by molar-refractivity contribution is 5.16. The molecule has 18 heavy (non-hydrogen) atoms. The van der Waals surface area contributed by atoms with Gasteiger partial charge in [-0.25, -0.2) is 0 Å². The van der Waals surface area contributed by atoms with Crippen molar-refractivity contribution in [2.75, 3.05) is 32.7 Å². The number of nitrogens with two attached hydrogens (primary N) is 1. The topological polar surface area (TPSA) is 45.4 Å². The predicted octanol–water partition coefficient (Wildman–Crippen LogP) is 0.855. The van der Waals surface area contributed by atoms with Gasteiger partial charge in [-0.05, 0) is 25.0 Å². The zero-order valence-corrected chi connectivity index (χ0v) is 11.5. The Hall–Kier alpha value is -0.970. The molecule has 1 aliphatic heterocycles. The molecule has 100 valence electrons. The highest BCUT2D eigenvalue weighted by Gasteiger charge is 2.20. The lowest BCUT2D eigenvalue weighted by Gasteiger charge is -2.37. The van der Waals surface area contributed by atoms with E-state index in [4.69, 9.17) is 5.73 Å². The molecule has 2 heterocycles. The number of aryl methyl sites for hydroxylation is 1. The molecule has 4 heteroatoms. The molecular weight excluding hydrogens is 224 g/mol. The monoisotopic (exact) mass is 248 g/mol. The largest absolute Gasteiger partial charge is 0.329 e. The lowest BCUT2D eigenvalue weighted by Crippen LogP contribution is -2.51. The maximum Gasteiger partial charge on any atom is 0.0313 e. The summed E-state index contributed by atoms with van der Waals surface area (Å²) >= 11 is 0. The van der Waals surface area contributed by atoms with Crippen LogP contribution in [0.3, 0.4) is 0 Å². The molecule has 1 aromatic heterocycles. The molecule has 4 nitrogen and oxygen atoms in total. The zero-order chi connectivity index (χ0) is 13.0. The third-order valence-corrected chi connectivity index (χ3v) is 3.71. The molecule has 0 saturated carbocycles. The first kappa shape index (κ1) is 13.5. The van der Waals surface area contributed by atoms with Crippen molar-refractivity contribution in [1.82, 2.24) is 14.8 Å². The van der Waals surface area contributed by atoms with Crippen molar-refractivity contribution >= 4 is 0 Å².